The second-order valence-corrected chi connectivity index (χ2v) is 8.77. The molecule has 31 heavy (non-hydrogen) atoms. The third kappa shape index (κ3) is 4.21. The number of hydrogen-bond acceptors (Lipinski definition) is 0. The number of hydrogen-bond donors (Lipinski definition) is 0. The van der Waals surface area contributed by atoms with Gasteiger partial charge in [-0.3, -0.25) is 0 Å². The zero-order valence-corrected chi connectivity index (χ0v) is 19.2. The van der Waals surface area contributed by atoms with Crippen LogP contribution in [-0.4, -0.2) is 0 Å². The van der Waals surface area contributed by atoms with Crippen molar-refractivity contribution in [2.45, 2.75) is 46.0 Å². The molecule has 1 atom stereocenters. The van der Waals surface area contributed by atoms with E-state index in [9.17, 15) is 0 Å². The zero-order chi connectivity index (χ0) is 21.8. The van der Waals surface area contributed by atoms with Gasteiger partial charge in [0.25, 0.3) is 0 Å². The molecule has 0 saturated heterocycles. The van der Waals surface area contributed by atoms with Gasteiger partial charge in [0.1, 0.15) is 0 Å². The van der Waals surface area contributed by atoms with Gasteiger partial charge in [0.2, 0.25) is 0 Å². The number of benzene rings is 3. The lowest BCUT2D eigenvalue weighted by Gasteiger charge is -2.26. The normalized spacial score (nSPS) is 18.5. The van der Waals surface area contributed by atoms with Crippen LogP contribution in [0.1, 0.15) is 42.5 Å². The van der Waals surface area contributed by atoms with Crippen LogP contribution >= 0.6 is 0 Å². The lowest BCUT2D eigenvalue weighted by molar-refractivity contribution is 0.752. The monoisotopic (exact) mass is 404 g/mol. The molecule has 0 heteroatoms. The summed E-state index contributed by atoms with van der Waals surface area (Å²) < 4.78 is 0. The molecular weight excluding hydrogens is 372 g/mol. The van der Waals surface area contributed by atoms with E-state index in [1.165, 1.54) is 44.5 Å². The van der Waals surface area contributed by atoms with Crippen molar-refractivity contribution in [3.63, 3.8) is 0 Å². The summed E-state index contributed by atoms with van der Waals surface area (Å²) in [6.07, 6.45) is 15.6. The minimum absolute atomic E-state index is 0.0944. The van der Waals surface area contributed by atoms with Crippen LogP contribution < -0.4 is 0 Å². The molecule has 0 aliphatic heterocycles. The highest BCUT2D eigenvalue weighted by atomic mass is 14.3. The van der Waals surface area contributed by atoms with E-state index in [0.29, 0.717) is 0 Å². The van der Waals surface area contributed by atoms with E-state index in [4.69, 9.17) is 0 Å². The van der Waals surface area contributed by atoms with Crippen molar-refractivity contribution < 1.29 is 0 Å². The average molecular weight is 405 g/mol. The molecule has 3 aromatic rings. The quantitative estimate of drug-likeness (QED) is 0.302. The van der Waals surface area contributed by atoms with E-state index in [1.54, 1.807) is 0 Å². The van der Waals surface area contributed by atoms with E-state index in [0.717, 1.165) is 12.8 Å². The maximum atomic E-state index is 2.43. The van der Waals surface area contributed by atoms with Crippen LogP contribution in [0.4, 0.5) is 0 Å². The largest absolute Gasteiger partial charge is 0.0877 e. The lowest BCUT2D eigenvalue weighted by atomic mass is 9.78. The molecule has 4 rings (SSSR count). The van der Waals surface area contributed by atoms with Gasteiger partial charge in [-0.05, 0) is 91.1 Å². The number of allylic oxidation sites excluding steroid dienone is 6. The third-order valence-electron chi connectivity index (χ3n) is 6.56. The fraction of sp³-hybridized carbons (Fsp3) is 0.226. The van der Waals surface area contributed by atoms with Crippen molar-refractivity contribution in [1.29, 1.82) is 0 Å². The Morgan fingerprint density at radius 3 is 2.42 bits per heavy atom. The van der Waals surface area contributed by atoms with Gasteiger partial charge in [0.15, 0.2) is 0 Å². The Kier molecular flexibility index (Phi) is 6.09. The summed E-state index contributed by atoms with van der Waals surface area (Å²) >= 11 is 0. The van der Waals surface area contributed by atoms with Crippen LogP contribution in [0, 0.1) is 13.8 Å². The maximum absolute atomic E-state index is 2.43. The zero-order valence-electron chi connectivity index (χ0n) is 19.2. The molecule has 0 amide bonds. The van der Waals surface area contributed by atoms with Crippen LogP contribution in [0.3, 0.4) is 0 Å². The van der Waals surface area contributed by atoms with E-state index < -0.39 is 0 Å². The Labute approximate surface area is 187 Å². The number of fused-ring (bicyclic) bond motifs is 1. The molecular formula is C31H32. The van der Waals surface area contributed by atoms with E-state index >= 15 is 0 Å². The molecule has 0 saturated carbocycles. The van der Waals surface area contributed by atoms with E-state index in [1.807, 2.05) is 0 Å². The van der Waals surface area contributed by atoms with Crippen LogP contribution in [0.25, 0.3) is 22.3 Å². The third-order valence-corrected chi connectivity index (χ3v) is 6.56. The van der Waals surface area contributed by atoms with Crippen molar-refractivity contribution in [3.05, 3.63) is 119 Å². The number of aryl methyl sites for hydroxylation is 2. The Bertz CT molecular complexity index is 1170. The molecule has 0 heterocycles. The first-order valence-corrected chi connectivity index (χ1v) is 11.3. The summed E-state index contributed by atoms with van der Waals surface area (Å²) in [5.41, 5.74) is 10.7. The van der Waals surface area contributed by atoms with Crippen molar-refractivity contribution >= 4 is 0 Å². The predicted octanol–water partition coefficient (Wildman–Crippen LogP) is 8.53. The van der Waals surface area contributed by atoms with Gasteiger partial charge in [-0.1, -0.05) is 91.1 Å². The SMILES string of the molecule is C/C=C\C=C/C1(C)C=CCCc2ccc(-c3cccc(-c4ccccc4C)c3C)cc21. The Hall–Kier alpha value is -3.12. The molecule has 1 aliphatic rings. The maximum Gasteiger partial charge on any atom is 0.0289 e. The predicted molar refractivity (Wildman–Crippen MR) is 136 cm³/mol. The van der Waals surface area contributed by atoms with E-state index in [-0.39, 0.29) is 5.41 Å². The van der Waals surface area contributed by atoms with Crippen molar-refractivity contribution in [1.82, 2.24) is 0 Å². The van der Waals surface area contributed by atoms with Crippen LogP contribution in [-0.2, 0) is 11.8 Å². The summed E-state index contributed by atoms with van der Waals surface area (Å²) in [5.74, 6) is 0. The van der Waals surface area contributed by atoms with Gasteiger partial charge in [-0.25, -0.2) is 0 Å². The van der Waals surface area contributed by atoms with Crippen molar-refractivity contribution in [2.75, 3.05) is 0 Å². The van der Waals surface area contributed by atoms with Gasteiger partial charge in [0, 0.05) is 5.41 Å². The smallest absolute Gasteiger partial charge is 0.0289 e. The van der Waals surface area contributed by atoms with Crippen LogP contribution in [0.5, 0.6) is 0 Å². The highest BCUT2D eigenvalue weighted by Gasteiger charge is 2.25. The van der Waals surface area contributed by atoms with Gasteiger partial charge >= 0.3 is 0 Å². The van der Waals surface area contributed by atoms with Crippen LogP contribution in [0.15, 0.2) is 97.1 Å². The number of rotatable bonds is 4. The molecule has 156 valence electrons. The van der Waals surface area contributed by atoms with Crippen LogP contribution in [0.2, 0.25) is 0 Å². The minimum Gasteiger partial charge on any atom is -0.0877 e. The summed E-state index contributed by atoms with van der Waals surface area (Å²) in [6.45, 7) is 8.84. The highest BCUT2D eigenvalue weighted by Crippen LogP contribution is 2.38. The summed E-state index contributed by atoms with van der Waals surface area (Å²) in [7, 11) is 0. The minimum atomic E-state index is -0.0944. The fourth-order valence-corrected chi connectivity index (χ4v) is 4.75. The fourth-order valence-electron chi connectivity index (χ4n) is 4.75. The van der Waals surface area contributed by atoms with E-state index in [2.05, 4.69) is 125 Å². The summed E-state index contributed by atoms with van der Waals surface area (Å²) in [4.78, 5) is 0. The molecule has 0 aromatic heterocycles. The van der Waals surface area contributed by atoms with Crippen molar-refractivity contribution in [3.8, 4) is 22.3 Å². The first-order valence-electron chi connectivity index (χ1n) is 11.3. The molecule has 3 aromatic carbocycles. The molecule has 0 N–H and O–H groups in total. The average Bonchev–Trinajstić information content (AvgIpc) is 2.94. The molecule has 0 radical (unpaired) electrons. The van der Waals surface area contributed by atoms with Gasteiger partial charge < -0.3 is 0 Å². The standard InChI is InChI=1S/C31H32/c1-5-6-10-20-31(4)21-11-9-14-25-18-19-26(22-30(25)31)28-16-12-17-29(24(28)3)27-15-8-7-13-23(27)2/h5-8,10-13,15-22H,9,14H2,1-4H3/b6-5-,20-10-. The summed E-state index contributed by atoms with van der Waals surface area (Å²) in [5, 5.41) is 0. The molecule has 0 nitrogen and oxygen atoms in total. The lowest BCUT2D eigenvalue weighted by Crippen LogP contribution is -2.17. The molecule has 0 fully saturated rings. The molecule has 1 aliphatic carbocycles. The molecule has 1 unspecified atom stereocenters. The second-order valence-electron chi connectivity index (χ2n) is 8.77. The van der Waals surface area contributed by atoms with Gasteiger partial charge in [-0.2, -0.15) is 0 Å². The molecule has 0 spiro atoms. The Morgan fingerprint density at radius 2 is 1.61 bits per heavy atom. The topological polar surface area (TPSA) is 0 Å². The van der Waals surface area contributed by atoms with Crippen molar-refractivity contribution in [2.24, 2.45) is 0 Å². The van der Waals surface area contributed by atoms with Gasteiger partial charge in [0.05, 0.1) is 0 Å². The first-order chi connectivity index (χ1) is 15.0. The highest BCUT2D eigenvalue weighted by molar-refractivity contribution is 5.80. The van der Waals surface area contributed by atoms with Gasteiger partial charge in [-0.15, -0.1) is 0 Å². The molecule has 0 bridgehead atoms. The first kappa shape index (κ1) is 21.1. The summed E-state index contributed by atoms with van der Waals surface area (Å²) in [6, 6.07) is 22.5. The second kappa shape index (κ2) is 8.94. The Morgan fingerprint density at radius 1 is 0.839 bits per heavy atom. The Balaban J connectivity index is 1.85.